The summed E-state index contributed by atoms with van der Waals surface area (Å²) in [6, 6.07) is 7.81. The Hall–Kier alpha value is -2.04. The van der Waals surface area contributed by atoms with Crippen LogP contribution in [0.4, 0.5) is 5.69 Å². The van der Waals surface area contributed by atoms with Crippen molar-refractivity contribution < 1.29 is 19.1 Å². The molecule has 0 aromatic heterocycles. The first kappa shape index (κ1) is 17.3. The van der Waals surface area contributed by atoms with Gasteiger partial charge in [-0.25, -0.2) is 0 Å². The molecule has 1 fully saturated rings. The first-order chi connectivity index (χ1) is 10.7. The maximum atomic E-state index is 12.3. The summed E-state index contributed by atoms with van der Waals surface area (Å²) >= 11 is 0. The Morgan fingerprint density at radius 2 is 2.04 bits per heavy atom. The van der Waals surface area contributed by atoms with E-state index < -0.39 is 16.9 Å². The van der Waals surface area contributed by atoms with Crippen molar-refractivity contribution in [1.29, 1.82) is 0 Å². The van der Waals surface area contributed by atoms with Crippen LogP contribution in [0.25, 0.3) is 0 Å². The topological polar surface area (TPSA) is 64.6 Å². The number of anilines is 1. The first-order valence-electron chi connectivity index (χ1n) is 7.80. The molecule has 1 unspecified atom stereocenters. The molecule has 5 heteroatoms. The molecule has 0 amide bonds. The number of ether oxygens (including phenoxy) is 2. The third kappa shape index (κ3) is 3.84. The van der Waals surface area contributed by atoms with Gasteiger partial charge in [0.1, 0.15) is 5.60 Å². The van der Waals surface area contributed by atoms with Gasteiger partial charge in [0.05, 0.1) is 18.4 Å². The van der Waals surface area contributed by atoms with Gasteiger partial charge < -0.3 is 14.8 Å². The van der Waals surface area contributed by atoms with Crippen LogP contribution in [0.2, 0.25) is 0 Å². The molecule has 126 valence electrons. The van der Waals surface area contributed by atoms with Crippen molar-refractivity contribution >= 4 is 17.6 Å². The van der Waals surface area contributed by atoms with Crippen LogP contribution in [0, 0.1) is 11.3 Å². The van der Waals surface area contributed by atoms with Crippen LogP contribution in [0.5, 0.6) is 0 Å². The molecule has 0 bridgehead atoms. The Morgan fingerprint density at radius 1 is 1.35 bits per heavy atom. The normalized spacial score (nSPS) is 23.1. The SMILES string of the molecule is CNc1cccc(C[C@]2(C(=O)OC)CC2C(=O)OC(C)(C)C)c1. The van der Waals surface area contributed by atoms with E-state index in [0.29, 0.717) is 12.8 Å². The molecule has 5 nitrogen and oxygen atoms in total. The molecule has 0 saturated heterocycles. The number of methoxy groups -OCH3 is 1. The van der Waals surface area contributed by atoms with Gasteiger partial charge in [-0.15, -0.1) is 0 Å². The predicted molar refractivity (Wildman–Crippen MR) is 88.1 cm³/mol. The standard InChI is InChI=1S/C18H25NO4/c1-17(2,3)23-15(20)14-11-18(14,16(21)22-5)10-12-7-6-8-13(9-12)19-4/h6-9,14,19H,10-11H2,1-5H3/t14?,18-/m0/s1. The minimum absolute atomic E-state index is 0.326. The molecule has 2 rings (SSSR count). The highest BCUT2D eigenvalue weighted by molar-refractivity contribution is 5.91. The first-order valence-corrected chi connectivity index (χ1v) is 7.80. The van der Waals surface area contributed by atoms with Crippen LogP contribution in [0.15, 0.2) is 24.3 Å². The smallest absolute Gasteiger partial charge is 0.313 e. The second kappa shape index (κ2) is 6.22. The van der Waals surface area contributed by atoms with E-state index in [1.165, 1.54) is 7.11 Å². The minimum atomic E-state index is -0.802. The summed E-state index contributed by atoms with van der Waals surface area (Å²) in [5.74, 6) is -1.11. The maximum absolute atomic E-state index is 12.3. The van der Waals surface area contributed by atoms with Gasteiger partial charge in [-0.3, -0.25) is 9.59 Å². The summed E-state index contributed by atoms with van der Waals surface area (Å²) in [6.45, 7) is 5.47. The highest BCUT2D eigenvalue weighted by Crippen LogP contribution is 2.56. The zero-order chi connectivity index (χ0) is 17.3. The number of nitrogens with one attached hydrogen (secondary N) is 1. The summed E-state index contributed by atoms with van der Waals surface area (Å²) in [5, 5.41) is 3.07. The van der Waals surface area contributed by atoms with E-state index in [4.69, 9.17) is 9.47 Å². The molecular formula is C18H25NO4. The van der Waals surface area contributed by atoms with Crippen molar-refractivity contribution in [1.82, 2.24) is 0 Å². The van der Waals surface area contributed by atoms with Gasteiger partial charge in [-0.2, -0.15) is 0 Å². The van der Waals surface area contributed by atoms with E-state index in [1.54, 1.807) is 0 Å². The number of rotatable bonds is 5. The monoisotopic (exact) mass is 319 g/mol. The Kier molecular flexibility index (Phi) is 4.68. The molecule has 2 atom stereocenters. The second-order valence-corrected chi connectivity index (χ2v) is 7.07. The Bertz CT molecular complexity index is 605. The molecule has 1 aliphatic carbocycles. The lowest BCUT2D eigenvalue weighted by Crippen LogP contribution is -2.30. The highest BCUT2D eigenvalue weighted by Gasteiger charge is 2.65. The van der Waals surface area contributed by atoms with Crippen LogP contribution < -0.4 is 5.32 Å². The molecule has 0 aliphatic heterocycles. The largest absolute Gasteiger partial charge is 0.469 e. The van der Waals surface area contributed by atoms with Crippen LogP contribution in [0.3, 0.4) is 0 Å². The van der Waals surface area contributed by atoms with Gasteiger partial charge in [-0.05, 0) is 51.3 Å². The maximum Gasteiger partial charge on any atom is 0.313 e. The van der Waals surface area contributed by atoms with Crippen LogP contribution in [-0.4, -0.2) is 31.7 Å². The van der Waals surface area contributed by atoms with E-state index in [0.717, 1.165) is 11.3 Å². The number of esters is 2. The van der Waals surface area contributed by atoms with Crippen molar-refractivity contribution in [2.45, 2.75) is 39.2 Å². The fourth-order valence-corrected chi connectivity index (χ4v) is 2.88. The van der Waals surface area contributed by atoms with Gasteiger partial charge >= 0.3 is 11.9 Å². The number of carbonyl (C=O) groups is 2. The van der Waals surface area contributed by atoms with Crippen molar-refractivity contribution in [3.8, 4) is 0 Å². The predicted octanol–water partition coefficient (Wildman–Crippen LogP) is 2.79. The third-order valence-electron chi connectivity index (χ3n) is 4.09. The third-order valence-corrected chi connectivity index (χ3v) is 4.09. The summed E-state index contributed by atoms with van der Waals surface area (Å²) in [6.07, 6.45) is 0.942. The molecule has 23 heavy (non-hydrogen) atoms. The van der Waals surface area contributed by atoms with Gasteiger partial charge in [0.2, 0.25) is 0 Å². The lowest BCUT2D eigenvalue weighted by Gasteiger charge is -2.21. The molecule has 1 saturated carbocycles. The van der Waals surface area contributed by atoms with Crippen LogP contribution in [-0.2, 0) is 25.5 Å². The zero-order valence-electron chi connectivity index (χ0n) is 14.4. The number of carbonyl (C=O) groups excluding carboxylic acids is 2. The molecule has 0 heterocycles. The molecule has 1 aromatic carbocycles. The quantitative estimate of drug-likeness (QED) is 0.846. The van der Waals surface area contributed by atoms with Gasteiger partial charge in [0.25, 0.3) is 0 Å². The van der Waals surface area contributed by atoms with E-state index in [2.05, 4.69) is 5.32 Å². The molecule has 0 radical (unpaired) electrons. The Balaban J connectivity index is 2.19. The molecule has 1 N–H and O–H groups in total. The molecule has 1 aromatic rings. The van der Waals surface area contributed by atoms with Gasteiger partial charge in [0, 0.05) is 12.7 Å². The molecular weight excluding hydrogens is 294 g/mol. The lowest BCUT2D eigenvalue weighted by molar-refractivity contribution is -0.161. The summed E-state index contributed by atoms with van der Waals surface area (Å²) in [5.41, 5.74) is 0.599. The molecule has 1 aliphatic rings. The summed E-state index contributed by atoms with van der Waals surface area (Å²) in [7, 11) is 3.20. The minimum Gasteiger partial charge on any atom is -0.469 e. The average molecular weight is 319 g/mol. The summed E-state index contributed by atoms with van der Waals surface area (Å²) in [4.78, 5) is 24.6. The van der Waals surface area contributed by atoms with Crippen molar-refractivity contribution in [2.75, 3.05) is 19.5 Å². The van der Waals surface area contributed by atoms with Crippen molar-refractivity contribution in [2.24, 2.45) is 11.3 Å². The van der Waals surface area contributed by atoms with E-state index in [-0.39, 0.29) is 11.9 Å². The summed E-state index contributed by atoms with van der Waals surface area (Å²) < 4.78 is 10.4. The van der Waals surface area contributed by atoms with E-state index >= 15 is 0 Å². The number of hydrogen-bond acceptors (Lipinski definition) is 5. The lowest BCUT2D eigenvalue weighted by atomic mass is 9.93. The fourth-order valence-electron chi connectivity index (χ4n) is 2.88. The fraction of sp³-hybridized carbons (Fsp3) is 0.556. The van der Waals surface area contributed by atoms with Gasteiger partial charge in [-0.1, -0.05) is 12.1 Å². The number of hydrogen-bond donors (Lipinski definition) is 1. The van der Waals surface area contributed by atoms with Crippen LogP contribution >= 0.6 is 0 Å². The number of benzene rings is 1. The Labute approximate surface area is 137 Å². The van der Waals surface area contributed by atoms with E-state index in [1.807, 2.05) is 52.1 Å². The van der Waals surface area contributed by atoms with Crippen LogP contribution in [0.1, 0.15) is 32.8 Å². The van der Waals surface area contributed by atoms with E-state index in [9.17, 15) is 9.59 Å². The zero-order valence-corrected chi connectivity index (χ0v) is 14.4. The van der Waals surface area contributed by atoms with Crippen molar-refractivity contribution in [3.05, 3.63) is 29.8 Å². The Morgan fingerprint density at radius 3 is 2.61 bits per heavy atom. The van der Waals surface area contributed by atoms with Gasteiger partial charge in [0.15, 0.2) is 0 Å². The van der Waals surface area contributed by atoms with Crippen molar-refractivity contribution in [3.63, 3.8) is 0 Å². The molecule has 0 spiro atoms. The highest BCUT2D eigenvalue weighted by atomic mass is 16.6. The average Bonchev–Trinajstić information content (AvgIpc) is 3.20. The second-order valence-electron chi connectivity index (χ2n) is 7.07.